The van der Waals surface area contributed by atoms with Gasteiger partial charge in [-0.1, -0.05) is 12.1 Å². The van der Waals surface area contributed by atoms with Gasteiger partial charge in [-0.2, -0.15) is 0 Å². The van der Waals surface area contributed by atoms with Crippen LogP contribution in [0.25, 0.3) is 11.0 Å². The molecule has 29 heavy (non-hydrogen) atoms. The zero-order chi connectivity index (χ0) is 20.4. The van der Waals surface area contributed by atoms with Crippen LogP contribution in [0.1, 0.15) is 29.4 Å². The molecule has 1 N–H and O–H groups in total. The van der Waals surface area contributed by atoms with Gasteiger partial charge < -0.3 is 19.2 Å². The van der Waals surface area contributed by atoms with Gasteiger partial charge in [0.25, 0.3) is 0 Å². The van der Waals surface area contributed by atoms with E-state index in [1.165, 1.54) is 6.07 Å². The molecule has 150 valence electrons. The number of aryl methyl sites for hydroxylation is 1. The number of ether oxygens (including phenoxy) is 1. The Morgan fingerprint density at radius 2 is 2.00 bits per heavy atom. The fourth-order valence-electron chi connectivity index (χ4n) is 3.62. The highest BCUT2D eigenvalue weighted by Gasteiger charge is 2.30. The number of rotatable bonds is 4. The maximum absolute atomic E-state index is 13.0. The summed E-state index contributed by atoms with van der Waals surface area (Å²) in [6.07, 6.45) is 3.18. The third-order valence-corrected chi connectivity index (χ3v) is 5.04. The summed E-state index contributed by atoms with van der Waals surface area (Å²) in [4.78, 5) is 35.7. The molecule has 8 nitrogen and oxygen atoms in total. The summed E-state index contributed by atoms with van der Waals surface area (Å²) < 4.78 is 11.1. The lowest BCUT2D eigenvalue weighted by molar-refractivity contribution is -0.135. The first-order chi connectivity index (χ1) is 14.0. The zero-order valence-corrected chi connectivity index (χ0v) is 16.0. The van der Waals surface area contributed by atoms with E-state index in [9.17, 15) is 14.7 Å². The summed E-state index contributed by atoms with van der Waals surface area (Å²) in [5.74, 6) is -0.856. The minimum atomic E-state index is -0.682. The number of amides is 1. The number of aromatic nitrogens is 2. The molecule has 1 atom stereocenters. The van der Waals surface area contributed by atoms with E-state index in [4.69, 9.17) is 9.15 Å². The third kappa shape index (κ3) is 3.84. The van der Waals surface area contributed by atoms with Crippen LogP contribution in [-0.2, 0) is 9.53 Å². The first-order valence-electron chi connectivity index (χ1n) is 9.43. The van der Waals surface area contributed by atoms with Gasteiger partial charge in [0, 0.05) is 38.0 Å². The van der Waals surface area contributed by atoms with E-state index in [2.05, 4.69) is 9.97 Å². The largest absolute Gasteiger partial charge is 0.502 e. The van der Waals surface area contributed by atoms with Crippen LogP contribution >= 0.6 is 0 Å². The van der Waals surface area contributed by atoms with Gasteiger partial charge in [-0.15, -0.1) is 0 Å². The van der Waals surface area contributed by atoms with Gasteiger partial charge in [-0.05, 0) is 18.6 Å². The molecular formula is C21H21N3O5. The van der Waals surface area contributed by atoms with Gasteiger partial charge >= 0.3 is 0 Å². The second kappa shape index (κ2) is 8.00. The predicted molar refractivity (Wildman–Crippen MR) is 105 cm³/mol. The number of fused-ring (bicyclic) bond motifs is 1. The molecule has 0 aliphatic carbocycles. The van der Waals surface area contributed by atoms with Gasteiger partial charge in [0.1, 0.15) is 5.76 Å². The van der Waals surface area contributed by atoms with Crippen LogP contribution in [-0.4, -0.2) is 52.2 Å². The molecule has 4 rings (SSSR count). The Morgan fingerprint density at radius 1 is 1.24 bits per heavy atom. The van der Waals surface area contributed by atoms with Crippen LogP contribution in [0.5, 0.6) is 5.75 Å². The molecule has 0 spiro atoms. The lowest BCUT2D eigenvalue weighted by atomic mass is 9.90. The summed E-state index contributed by atoms with van der Waals surface area (Å²) in [6, 6.07) is 6.67. The minimum Gasteiger partial charge on any atom is -0.502 e. The van der Waals surface area contributed by atoms with E-state index in [0.717, 1.165) is 0 Å². The van der Waals surface area contributed by atoms with Crippen LogP contribution in [0.15, 0.2) is 45.9 Å². The highest BCUT2D eigenvalue weighted by atomic mass is 16.5. The summed E-state index contributed by atoms with van der Waals surface area (Å²) >= 11 is 0. The van der Waals surface area contributed by atoms with Crippen molar-refractivity contribution in [3.05, 3.63) is 64.0 Å². The maximum Gasteiger partial charge on any atom is 0.227 e. The molecule has 1 aliphatic rings. The average Bonchev–Trinajstić information content (AvgIpc) is 2.75. The lowest BCUT2D eigenvalue weighted by Gasteiger charge is -2.28. The molecule has 0 bridgehead atoms. The van der Waals surface area contributed by atoms with Crippen LogP contribution in [0.4, 0.5) is 0 Å². The van der Waals surface area contributed by atoms with Crippen LogP contribution in [0.2, 0.25) is 0 Å². The number of benzene rings is 1. The predicted octanol–water partition coefficient (Wildman–Crippen LogP) is 1.98. The van der Waals surface area contributed by atoms with Gasteiger partial charge in [-0.25, -0.2) is 0 Å². The molecule has 0 saturated carbocycles. The van der Waals surface area contributed by atoms with E-state index in [0.29, 0.717) is 48.7 Å². The van der Waals surface area contributed by atoms with Crippen LogP contribution < -0.4 is 5.43 Å². The zero-order valence-electron chi connectivity index (χ0n) is 16.0. The Hall–Kier alpha value is -3.26. The quantitative estimate of drug-likeness (QED) is 0.720. The van der Waals surface area contributed by atoms with E-state index >= 15 is 0 Å². The van der Waals surface area contributed by atoms with Crippen LogP contribution in [0, 0.1) is 6.92 Å². The van der Waals surface area contributed by atoms with Crippen molar-refractivity contribution in [3.8, 4) is 5.75 Å². The Bertz CT molecular complexity index is 1100. The number of nitrogens with zero attached hydrogens (tertiary/aromatic N) is 3. The SMILES string of the molecule is Cc1cc(=O)c(O)c([C@@H](CC(=O)N2CCOCC2)c2cccc3nccnc23)o1. The van der Waals surface area contributed by atoms with Crippen molar-refractivity contribution in [2.24, 2.45) is 0 Å². The van der Waals surface area contributed by atoms with E-state index in [1.807, 2.05) is 18.2 Å². The van der Waals surface area contributed by atoms with Gasteiger partial charge in [0.05, 0.1) is 30.2 Å². The second-order valence-electron chi connectivity index (χ2n) is 6.96. The Balaban J connectivity index is 1.83. The highest BCUT2D eigenvalue weighted by Crippen LogP contribution is 2.36. The molecule has 8 heteroatoms. The summed E-state index contributed by atoms with van der Waals surface area (Å²) in [6.45, 7) is 3.62. The average molecular weight is 395 g/mol. The molecule has 1 aliphatic heterocycles. The molecule has 1 saturated heterocycles. The van der Waals surface area contributed by atoms with Crippen molar-refractivity contribution < 1.29 is 19.1 Å². The fourth-order valence-corrected chi connectivity index (χ4v) is 3.62. The van der Waals surface area contributed by atoms with Crippen molar-refractivity contribution in [1.29, 1.82) is 0 Å². The van der Waals surface area contributed by atoms with Gasteiger partial charge in [-0.3, -0.25) is 19.6 Å². The number of carbonyl (C=O) groups excluding carboxylic acids is 1. The number of carbonyl (C=O) groups is 1. The number of morpholine rings is 1. The van der Waals surface area contributed by atoms with E-state index < -0.39 is 17.1 Å². The van der Waals surface area contributed by atoms with Crippen LogP contribution in [0.3, 0.4) is 0 Å². The lowest BCUT2D eigenvalue weighted by Crippen LogP contribution is -2.41. The molecular weight excluding hydrogens is 374 g/mol. The summed E-state index contributed by atoms with van der Waals surface area (Å²) in [7, 11) is 0. The second-order valence-corrected chi connectivity index (χ2v) is 6.96. The third-order valence-electron chi connectivity index (χ3n) is 5.04. The van der Waals surface area contributed by atoms with Crippen molar-refractivity contribution in [3.63, 3.8) is 0 Å². The van der Waals surface area contributed by atoms with Crippen molar-refractivity contribution >= 4 is 16.9 Å². The molecule has 1 fully saturated rings. The topological polar surface area (TPSA) is 106 Å². The molecule has 2 aromatic heterocycles. The molecule has 0 unspecified atom stereocenters. The normalized spacial score (nSPS) is 15.4. The van der Waals surface area contributed by atoms with E-state index in [1.54, 1.807) is 24.2 Å². The Kier molecular flexibility index (Phi) is 5.26. The van der Waals surface area contributed by atoms with Crippen molar-refractivity contribution in [2.75, 3.05) is 26.3 Å². The fraction of sp³-hybridized carbons (Fsp3) is 0.333. The molecule has 3 heterocycles. The Labute approximate surface area is 166 Å². The number of hydrogen-bond acceptors (Lipinski definition) is 7. The van der Waals surface area contributed by atoms with Gasteiger partial charge in [0.2, 0.25) is 17.1 Å². The number of aromatic hydroxyl groups is 1. The van der Waals surface area contributed by atoms with Crippen molar-refractivity contribution in [2.45, 2.75) is 19.3 Å². The summed E-state index contributed by atoms with van der Waals surface area (Å²) in [5, 5.41) is 10.5. The molecule has 0 radical (unpaired) electrons. The molecule has 1 aromatic carbocycles. The monoisotopic (exact) mass is 395 g/mol. The standard InChI is InChI=1S/C21H21N3O5/c1-13-11-17(25)20(27)21(29-13)15(12-18(26)24-7-9-28-10-8-24)14-3-2-4-16-19(14)23-6-5-22-16/h2-6,11,15,27H,7-10,12H2,1H3/t15-/m0/s1. The number of para-hydroxylation sites is 1. The highest BCUT2D eigenvalue weighted by molar-refractivity contribution is 5.82. The van der Waals surface area contributed by atoms with Gasteiger partial charge in [0.15, 0.2) is 5.76 Å². The number of hydrogen-bond donors (Lipinski definition) is 1. The maximum atomic E-state index is 13.0. The Morgan fingerprint density at radius 3 is 2.79 bits per heavy atom. The smallest absolute Gasteiger partial charge is 0.227 e. The molecule has 1 amide bonds. The minimum absolute atomic E-state index is 0.0235. The van der Waals surface area contributed by atoms with Crippen molar-refractivity contribution in [1.82, 2.24) is 14.9 Å². The van der Waals surface area contributed by atoms with E-state index in [-0.39, 0.29) is 18.1 Å². The molecule has 3 aromatic rings. The first kappa shape index (κ1) is 19.1. The first-order valence-corrected chi connectivity index (χ1v) is 9.43. The summed E-state index contributed by atoms with van der Waals surface area (Å²) in [5.41, 5.74) is 1.38.